The molecule has 0 radical (unpaired) electrons. The number of carbonyl (C=O) groups excluding carboxylic acids is 1. The first-order valence-electron chi connectivity index (χ1n) is 4.83. The minimum absolute atomic E-state index is 0.0489. The van der Waals surface area contributed by atoms with Crippen molar-refractivity contribution in [1.29, 1.82) is 0 Å². The summed E-state index contributed by atoms with van der Waals surface area (Å²) in [7, 11) is 0. The third-order valence-corrected chi connectivity index (χ3v) is 2.25. The van der Waals surface area contributed by atoms with Crippen molar-refractivity contribution < 1.29 is 9.53 Å². The van der Waals surface area contributed by atoms with Crippen LogP contribution in [0.4, 0.5) is 0 Å². The van der Waals surface area contributed by atoms with Gasteiger partial charge in [-0.05, 0) is 26.3 Å². The first kappa shape index (κ1) is 10.5. The Morgan fingerprint density at radius 3 is 3.00 bits per heavy atom. The molecule has 2 unspecified atom stereocenters. The SMILES string of the molecule is CC1CC(C(=O)NCCCN)CO1. The fourth-order valence-corrected chi connectivity index (χ4v) is 1.46. The van der Waals surface area contributed by atoms with E-state index in [9.17, 15) is 4.79 Å². The summed E-state index contributed by atoms with van der Waals surface area (Å²) in [5.41, 5.74) is 5.31. The molecule has 0 spiro atoms. The molecule has 3 N–H and O–H groups in total. The molecule has 0 saturated carbocycles. The van der Waals surface area contributed by atoms with Crippen LogP contribution in [0.3, 0.4) is 0 Å². The molecule has 4 heteroatoms. The van der Waals surface area contributed by atoms with Crippen molar-refractivity contribution in [3.63, 3.8) is 0 Å². The third-order valence-electron chi connectivity index (χ3n) is 2.25. The van der Waals surface area contributed by atoms with Gasteiger partial charge in [0, 0.05) is 6.54 Å². The highest BCUT2D eigenvalue weighted by Crippen LogP contribution is 2.18. The summed E-state index contributed by atoms with van der Waals surface area (Å²) in [5.74, 6) is 0.158. The highest BCUT2D eigenvalue weighted by Gasteiger charge is 2.27. The van der Waals surface area contributed by atoms with Crippen molar-refractivity contribution in [3.8, 4) is 0 Å². The molecule has 1 saturated heterocycles. The molecule has 0 aliphatic carbocycles. The second-order valence-corrected chi connectivity index (χ2v) is 3.51. The van der Waals surface area contributed by atoms with Gasteiger partial charge in [0.15, 0.2) is 0 Å². The molecule has 0 aromatic carbocycles. The summed E-state index contributed by atoms with van der Waals surface area (Å²) in [6.45, 7) is 3.86. The fraction of sp³-hybridized carbons (Fsp3) is 0.889. The number of hydrogen-bond donors (Lipinski definition) is 2. The molecule has 0 aromatic heterocycles. The lowest BCUT2D eigenvalue weighted by molar-refractivity contribution is -0.124. The summed E-state index contributed by atoms with van der Waals surface area (Å²) in [5, 5.41) is 2.85. The first-order chi connectivity index (χ1) is 6.24. The normalized spacial score (nSPS) is 27.5. The lowest BCUT2D eigenvalue weighted by Gasteiger charge is -2.08. The highest BCUT2D eigenvalue weighted by molar-refractivity contribution is 5.79. The Morgan fingerprint density at radius 1 is 1.69 bits per heavy atom. The van der Waals surface area contributed by atoms with Gasteiger partial charge in [-0.3, -0.25) is 4.79 Å². The lowest BCUT2D eigenvalue weighted by atomic mass is 10.1. The zero-order valence-electron chi connectivity index (χ0n) is 8.08. The molecule has 1 fully saturated rings. The molecule has 0 bridgehead atoms. The van der Waals surface area contributed by atoms with Crippen LogP contribution in [0.2, 0.25) is 0 Å². The van der Waals surface area contributed by atoms with Crippen LogP contribution < -0.4 is 11.1 Å². The summed E-state index contributed by atoms with van der Waals surface area (Å²) in [6, 6.07) is 0. The maximum absolute atomic E-state index is 11.4. The van der Waals surface area contributed by atoms with Crippen LogP contribution in [0.15, 0.2) is 0 Å². The average Bonchev–Trinajstić information content (AvgIpc) is 2.52. The Bertz CT molecular complexity index is 173. The molecular weight excluding hydrogens is 168 g/mol. The van der Waals surface area contributed by atoms with E-state index in [4.69, 9.17) is 10.5 Å². The molecule has 0 aromatic rings. The Morgan fingerprint density at radius 2 is 2.46 bits per heavy atom. The average molecular weight is 186 g/mol. The van der Waals surface area contributed by atoms with Crippen molar-refractivity contribution in [1.82, 2.24) is 5.32 Å². The Kier molecular flexibility index (Phi) is 4.18. The van der Waals surface area contributed by atoms with Crippen molar-refractivity contribution >= 4 is 5.91 Å². The monoisotopic (exact) mass is 186 g/mol. The fourth-order valence-electron chi connectivity index (χ4n) is 1.46. The van der Waals surface area contributed by atoms with E-state index in [0.717, 1.165) is 12.8 Å². The summed E-state index contributed by atoms with van der Waals surface area (Å²) >= 11 is 0. The minimum Gasteiger partial charge on any atom is -0.378 e. The van der Waals surface area contributed by atoms with Gasteiger partial charge in [0.05, 0.1) is 18.6 Å². The largest absolute Gasteiger partial charge is 0.378 e. The van der Waals surface area contributed by atoms with E-state index in [1.807, 2.05) is 6.92 Å². The third kappa shape index (κ3) is 3.32. The lowest BCUT2D eigenvalue weighted by Crippen LogP contribution is -2.32. The minimum atomic E-state index is 0.0489. The van der Waals surface area contributed by atoms with Gasteiger partial charge in [0.25, 0.3) is 0 Å². The van der Waals surface area contributed by atoms with Crippen LogP contribution in [-0.4, -0.2) is 31.7 Å². The van der Waals surface area contributed by atoms with Gasteiger partial charge in [0.1, 0.15) is 0 Å². The first-order valence-corrected chi connectivity index (χ1v) is 4.83. The van der Waals surface area contributed by atoms with Gasteiger partial charge in [-0.15, -0.1) is 0 Å². The highest BCUT2D eigenvalue weighted by atomic mass is 16.5. The summed E-state index contributed by atoms with van der Waals surface area (Å²) < 4.78 is 5.31. The van der Waals surface area contributed by atoms with E-state index >= 15 is 0 Å². The number of rotatable bonds is 4. The molecule has 1 rings (SSSR count). The van der Waals surface area contributed by atoms with Crippen LogP contribution in [-0.2, 0) is 9.53 Å². The molecule has 1 aliphatic heterocycles. The van der Waals surface area contributed by atoms with E-state index in [-0.39, 0.29) is 17.9 Å². The summed E-state index contributed by atoms with van der Waals surface area (Å²) in [6.07, 6.45) is 1.91. The van der Waals surface area contributed by atoms with Gasteiger partial charge in [-0.1, -0.05) is 0 Å². The predicted octanol–water partition coefficient (Wildman–Crippen LogP) is -0.124. The Balaban J connectivity index is 2.16. The number of nitrogens with one attached hydrogen (secondary N) is 1. The molecule has 1 heterocycles. The topological polar surface area (TPSA) is 64.4 Å². The van der Waals surface area contributed by atoms with Crippen LogP contribution in [0.5, 0.6) is 0 Å². The quantitative estimate of drug-likeness (QED) is 0.601. The van der Waals surface area contributed by atoms with Crippen LogP contribution in [0, 0.1) is 5.92 Å². The van der Waals surface area contributed by atoms with Crippen LogP contribution in [0.1, 0.15) is 19.8 Å². The molecule has 1 aliphatic rings. The molecular formula is C9H18N2O2. The number of nitrogens with two attached hydrogens (primary N) is 1. The molecule has 2 atom stereocenters. The Labute approximate surface area is 78.8 Å². The van der Waals surface area contributed by atoms with Gasteiger partial charge < -0.3 is 15.8 Å². The van der Waals surface area contributed by atoms with Gasteiger partial charge in [-0.2, -0.15) is 0 Å². The van der Waals surface area contributed by atoms with Gasteiger partial charge >= 0.3 is 0 Å². The predicted molar refractivity (Wildman–Crippen MR) is 50.2 cm³/mol. The number of amides is 1. The summed E-state index contributed by atoms with van der Waals surface area (Å²) in [4.78, 5) is 11.4. The Hall–Kier alpha value is -0.610. The van der Waals surface area contributed by atoms with E-state index < -0.39 is 0 Å². The maximum Gasteiger partial charge on any atom is 0.225 e. The van der Waals surface area contributed by atoms with Crippen LogP contribution in [0.25, 0.3) is 0 Å². The molecule has 76 valence electrons. The zero-order chi connectivity index (χ0) is 9.68. The van der Waals surface area contributed by atoms with Crippen molar-refractivity contribution in [2.75, 3.05) is 19.7 Å². The van der Waals surface area contributed by atoms with Crippen LogP contribution >= 0.6 is 0 Å². The molecule has 4 nitrogen and oxygen atoms in total. The molecule has 1 amide bonds. The van der Waals surface area contributed by atoms with E-state index in [1.165, 1.54) is 0 Å². The van der Waals surface area contributed by atoms with Crippen molar-refractivity contribution in [2.24, 2.45) is 11.7 Å². The van der Waals surface area contributed by atoms with Crippen molar-refractivity contribution in [2.45, 2.75) is 25.9 Å². The zero-order valence-corrected chi connectivity index (χ0v) is 8.08. The van der Waals surface area contributed by atoms with Crippen molar-refractivity contribution in [3.05, 3.63) is 0 Å². The smallest absolute Gasteiger partial charge is 0.225 e. The number of carbonyl (C=O) groups is 1. The number of ether oxygens (including phenoxy) is 1. The maximum atomic E-state index is 11.4. The standard InChI is InChI=1S/C9H18N2O2/c1-7-5-8(6-13-7)9(12)11-4-2-3-10/h7-8H,2-6,10H2,1H3,(H,11,12). The second-order valence-electron chi connectivity index (χ2n) is 3.51. The van der Waals surface area contributed by atoms with E-state index in [1.54, 1.807) is 0 Å². The van der Waals surface area contributed by atoms with E-state index in [2.05, 4.69) is 5.32 Å². The van der Waals surface area contributed by atoms with Gasteiger partial charge in [-0.25, -0.2) is 0 Å². The number of hydrogen-bond acceptors (Lipinski definition) is 3. The second kappa shape index (κ2) is 5.19. The van der Waals surface area contributed by atoms with E-state index in [0.29, 0.717) is 19.7 Å². The van der Waals surface area contributed by atoms with Gasteiger partial charge in [0.2, 0.25) is 5.91 Å². The molecule has 13 heavy (non-hydrogen) atoms.